The van der Waals surface area contributed by atoms with Crippen molar-refractivity contribution in [1.82, 2.24) is 0 Å². The number of ether oxygens (including phenoxy) is 1. The smallest absolute Gasteiger partial charge is 0.122 e. The Morgan fingerprint density at radius 1 is 1.29 bits per heavy atom. The number of allylic oxidation sites excluding steroid dienone is 1. The average molecular weight is 253 g/mol. The molecule has 1 aromatic carbocycles. The van der Waals surface area contributed by atoms with Crippen molar-refractivity contribution in [3.05, 3.63) is 35.4 Å². The minimum absolute atomic E-state index is 0.0850. The molecule has 0 N–H and O–H groups in total. The zero-order valence-electron chi connectivity index (χ0n) is 11.1. The maximum absolute atomic E-state index is 5.65. The highest BCUT2D eigenvalue weighted by Crippen LogP contribution is 2.32. The number of benzene rings is 1. The molecular weight excluding hydrogens is 232 g/mol. The van der Waals surface area contributed by atoms with Gasteiger partial charge in [-0.05, 0) is 29.5 Å². The second-order valence-electron chi connectivity index (χ2n) is 5.09. The number of methoxy groups -OCH3 is 1. The Bertz CT molecular complexity index is 388. The van der Waals surface area contributed by atoms with Crippen molar-refractivity contribution in [2.75, 3.05) is 13.0 Å². The van der Waals surface area contributed by atoms with Gasteiger partial charge in [-0.15, -0.1) is 11.6 Å². The van der Waals surface area contributed by atoms with Crippen LogP contribution >= 0.6 is 11.6 Å². The molecule has 17 heavy (non-hydrogen) atoms. The van der Waals surface area contributed by atoms with E-state index in [2.05, 4.69) is 45.1 Å². The van der Waals surface area contributed by atoms with Gasteiger partial charge in [-0.2, -0.15) is 0 Å². The fraction of sp³-hybridized carbons (Fsp3) is 0.467. The van der Waals surface area contributed by atoms with Crippen LogP contribution in [-0.2, 0) is 5.41 Å². The lowest BCUT2D eigenvalue weighted by atomic mass is 9.85. The second-order valence-corrected chi connectivity index (χ2v) is 5.47. The summed E-state index contributed by atoms with van der Waals surface area (Å²) in [6.45, 7) is 6.57. The quantitative estimate of drug-likeness (QED) is 0.710. The van der Waals surface area contributed by atoms with Crippen LogP contribution in [0.1, 0.15) is 38.3 Å². The lowest BCUT2D eigenvalue weighted by molar-refractivity contribution is 0.397. The maximum Gasteiger partial charge on any atom is 0.122 e. The predicted molar refractivity (Wildman–Crippen MR) is 76.1 cm³/mol. The minimum Gasteiger partial charge on any atom is -0.496 e. The Balaban J connectivity index is 3.05. The van der Waals surface area contributed by atoms with E-state index in [4.69, 9.17) is 16.3 Å². The van der Waals surface area contributed by atoms with Gasteiger partial charge in [0.05, 0.1) is 7.11 Å². The molecule has 1 nitrogen and oxygen atoms in total. The van der Waals surface area contributed by atoms with E-state index in [9.17, 15) is 0 Å². The van der Waals surface area contributed by atoms with Crippen molar-refractivity contribution in [1.29, 1.82) is 0 Å². The Morgan fingerprint density at radius 3 is 2.53 bits per heavy atom. The first-order chi connectivity index (χ1) is 7.99. The van der Waals surface area contributed by atoms with E-state index in [1.807, 2.05) is 6.07 Å². The van der Waals surface area contributed by atoms with E-state index < -0.39 is 0 Å². The van der Waals surface area contributed by atoms with Crippen molar-refractivity contribution in [2.24, 2.45) is 0 Å². The molecule has 0 saturated carbocycles. The van der Waals surface area contributed by atoms with Gasteiger partial charge in [-0.3, -0.25) is 0 Å². The van der Waals surface area contributed by atoms with Gasteiger partial charge in [-0.1, -0.05) is 39.0 Å². The van der Waals surface area contributed by atoms with Crippen LogP contribution in [0.25, 0.3) is 6.08 Å². The third-order valence-corrected chi connectivity index (χ3v) is 2.84. The molecule has 2 heteroatoms. The first kappa shape index (κ1) is 14.1. The first-order valence-corrected chi connectivity index (χ1v) is 6.43. The summed E-state index contributed by atoms with van der Waals surface area (Å²) in [6, 6.07) is 6.28. The van der Waals surface area contributed by atoms with Crippen LogP contribution < -0.4 is 4.74 Å². The maximum atomic E-state index is 5.65. The summed E-state index contributed by atoms with van der Waals surface area (Å²) in [4.78, 5) is 0. The lowest BCUT2D eigenvalue weighted by Gasteiger charge is -2.22. The monoisotopic (exact) mass is 252 g/mol. The fourth-order valence-corrected chi connectivity index (χ4v) is 1.82. The van der Waals surface area contributed by atoms with E-state index in [0.29, 0.717) is 5.88 Å². The Labute approximate surface area is 109 Å². The molecule has 0 fully saturated rings. The van der Waals surface area contributed by atoms with E-state index in [-0.39, 0.29) is 5.41 Å². The summed E-state index contributed by atoms with van der Waals surface area (Å²) in [5.41, 5.74) is 2.51. The molecule has 0 aliphatic carbocycles. The van der Waals surface area contributed by atoms with Gasteiger partial charge >= 0.3 is 0 Å². The predicted octanol–water partition coefficient (Wildman–Crippen LogP) is 4.63. The van der Waals surface area contributed by atoms with Crippen molar-refractivity contribution in [2.45, 2.75) is 32.6 Å². The van der Waals surface area contributed by atoms with Gasteiger partial charge in [0.1, 0.15) is 5.75 Å². The molecule has 0 aliphatic rings. The number of hydrogen-bond acceptors (Lipinski definition) is 1. The van der Waals surface area contributed by atoms with Crippen molar-refractivity contribution in [3.63, 3.8) is 0 Å². The standard InChI is InChI=1S/C15H21ClO/c1-15(2,3)13-11-12(7-5-6-10-16)8-9-14(13)17-4/h5,7-9,11H,6,10H2,1-4H3/b7-5+. The third kappa shape index (κ3) is 4.08. The van der Waals surface area contributed by atoms with Crippen molar-refractivity contribution >= 4 is 17.7 Å². The number of hydrogen-bond donors (Lipinski definition) is 0. The molecule has 0 amide bonds. The molecule has 0 aliphatic heterocycles. The molecule has 0 bridgehead atoms. The normalized spacial score (nSPS) is 12.1. The number of alkyl halides is 1. The first-order valence-electron chi connectivity index (χ1n) is 5.90. The fourth-order valence-electron chi connectivity index (χ4n) is 1.70. The van der Waals surface area contributed by atoms with Crippen LogP contribution in [0.2, 0.25) is 0 Å². The Hall–Kier alpha value is -0.950. The van der Waals surface area contributed by atoms with E-state index in [0.717, 1.165) is 12.2 Å². The second kappa shape index (κ2) is 6.11. The van der Waals surface area contributed by atoms with Gasteiger partial charge in [0, 0.05) is 11.4 Å². The summed E-state index contributed by atoms with van der Waals surface area (Å²) >= 11 is 5.65. The summed E-state index contributed by atoms with van der Waals surface area (Å²) in [6.07, 6.45) is 5.11. The Morgan fingerprint density at radius 2 is 2.00 bits per heavy atom. The third-order valence-electron chi connectivity index (χ3n) is 2.62. The zero-order chi connectivity index (χ0) is 12.9. The summed E-state index contributed by atoms with van der Waals surface area (Å²) < 4.78 is 5.41. The summed E-state index contributed by atoms with van der Waals surface area (Å²) in [5.74, 6) is 1.62. The average Bonchev–Trinajstić information content (AvgIpc) is 2.28. The molecule has 0 radical (unpaired) electrons. The molecule has 0 heterocycles. The van der Waals surface area contributed by atoms with E-state index in [1.54, 1.807) is 7.11 Å². The molecule has 0 aromatic heterocycles. The highest BCUT2D eigenvalue weighted by molar-refractivity contribution is 6.17. The molecule has 94 valence electrons. The van der Waals surface area contributed by atoms with Gasteiger partial charge in [0.2, 0.25) is 0 Å². The van der Waals surface area contributed by atoms with Crippen molar-refractivity contribution in [3.8, 4) is 5.75 Å². The van der Waals surface area contributed by atoms with Crippen LogP contribution in [-0.4, -0.2) is 13.0 Å². The summed E-state index contributed by atoms with van der Waals surface area (Å²) in [5, 5.41) is 0. The SMILES string of the molecule is COc1ccc(/C=C/CCCl)cc1C(C)(C)C. The van der Waals surface area contributed by atoms with Crippen LogP contribution in [0.4, 0.5) is 0 Å². The van der Waals surface area contributed by atoms with Crippen LogP contribution in [0.5, 0.6) is 5.75 Å². The van der Waals surface area contributed by atoms with Crippen LogP contribution in [0, 0.1) is 0 Å². The van der Waals surface area contributed by atoms with Gasteiger partial charge in [0.25, 0.3) is 0 Å². The van der Waals surface area contributed by atoms with Crippen LogP contribution in [0.3, 0.4) is 0 Å². The van der Waals surface area contributed by atoms with Gasteiger partial charge in [0.15, 0.2) is 0 Å². The molecule has 0 saturated heterocycles. The van der Waals surface area contributed by atoms with Gasteiger partial charge in [-0.25, -0.2) is 0 Å². The largest absolute Gasteiger partial charge is 0.496 e. The van der Waals surface area contributed by atoms with Crippen LogP contribution in [0.15, 0.2) is 24.3 Å². The molecule has 1 aromatic rings. The summed E-state index contributed by atoms with van der Waals surface area (Å²) in [7, 11) is 1.72. The number of halogens is 1. The highest BCUT2D eigenvalue weighted by atomic mass is 35.5. The molecule has 0 atom stereocenters. The van der Waals surface area contributed by atoms with Crippen molar-refractivity contribution < 1.29 is 4.74 Å². The number of rotatable bonds is 4. The molecular formula is C15H21ClO. The lowest BCUT2D eigenvalue weighted by Crippen LogP contribution is -2.12. The highest BCUT2D eigenvalue weighted by Gasteiger charge is 2.18. The molecule has 0 spiro atoms. The zero-order valence-corrected chi connectivity index (χ0v) is 11.8. The van der Waals surface area contributed by atoms with Gasteiger partial charge < -0.3 is 4.74 Å². The molecule has 1 rings (SSSR count). The topological polar surface area (TPSA) is 9.23 Å². The minimum atomic E-state index is 0.0850. The van der Waals surface area contributed by atoms with E-state index >= 15 is 0 Å². The Kier molecular flexibility index (Phi) is 5.07. The van der Waals surface area contributed by atoms with E-state index in [1.165, 1.54) is 11.1 Å². The molecule has 0 unspecified atom stereocenters.